The van der Waals surface area contributed by atoms with E-state index in [1.807, 2.05) is 20.0 Å². The molecule has 2 aromatic heterocycles. The number of carbonyl (C=O) groups excluding carboxylic acids is 1. The summed E-state index contributed by atoms with van der Waals surface area (Å²) in [7, 11) is 0.720. The van der Waals surface area contributed by atoms with E-state index >= 15 is 0 Å². The van der Waals surface area contributed by atoms with Gasteiger partial charge in [0.1, 0.15) is 12.4 Å². The van der Waals surface area contributed by atoms with Crippen molar-refractivity contribution in [2.75, 3.05) is 44.9 Å². The number of anilines is 1. The fourth-order valence-corrected chi connectivity index (χ4v) is 7.34. The van der Waals surface area contributed by atoms with Crippen LogP contribution in [0.1, 0.15) is 37.1 Å². The highest BCUT2D eigenvalue weighted by Crippen LogP contribution is 2.60. The number of amides is 1. The van der Waals surface area contributed by atoms with Crippen molar-refractivity contribution >= 4 is 30.7 Å². The number of carbonyl (C=O) groups is 1. The minimum Gasteiger partial charge on any atom is -0.379 e. The van der Waals surface area contributed by atoms with Crippen molar-refractivity contribution in [3.8, 4) is 11.5 Å². The first-order valence-corrected chi connectivity index (χ1v) is 18.9. The van der Waals surface area contributed by atoms with Gasteiger partial charge >= 0.3 is 0 Å². The molecule has 41 heavy (non-hydrogen) atoms. The Hall–Kier alpha value is -2.53. The Morgan fingerprint density at radius 2 is 2.05 bits per heavy atom. The van der Waals surface area contributed by atoms with E-state index in [0.29, 0.717) is 25.4 Å². The normalized spacial score (nSPS) is 23.3. The number of rotatable bonds is 9. The quantitative estimate of drug-likeness (QED) is 0.288. The first-order chi connectivity index (χ1) is 19.4. The molecule has 3 aromatic rings. The number of aryl methyl sites for hydroxylation is 1. The zero-order valence-electron chi connectivity index (χ0n) is 25.8. The molecule has 1 N–H and O–H groups in total. The summed E-state index contributed by atoms with van der Waals surface area (Å²) in [5.74, 6) is 1.61. The molecule has 1 aliphatic heterocycles. The van der Waals surface area contributed by atoms with E-state index < -0.39 is 8.07 Å². The second-order valence-electron chi connectivity index (χ2n) is 14.0. The summed E-state index contributed by atoms with van der Waals surface area (Å²) >= 11 is 0. The Morgan fingerprint density at radius 3 is 2.78 bits per heavy atom. The largest absolute Gasteiger partial charge is 0.379 e. The lowest BCUT2D eigenvalue weighted by atomic mass is 9.87. The van der Waals surface area contributed by atoms with Gasteiger partial charge in [0, 0.05) is 51.8 Å². The van der Waals surface area contributed by atoms with E-state index in [4.69, 9.17) is 19.6 Å². The third kappa shape index (κ3) is 5.63. The van der Waals surface area contributed by atoms with E-state index in [1.54, 1.807) is 4.90 Å². The lowest BCUT2D eigenvalue weighted by Gasteiger charge is -2.33. The Balaban J connectivity index is 1.27. The van der Waals surface area contributed by atoms with E-state index in [1.165, 1.54) is 17.7 Å². The van der Waals surface area contributed by atoms with E-state index in [9.17, 15) is 4.79 Å². The average molecular weight is 579 g/mol. The number of hydrogen-bond donors (Lipinski definition) is 1. The number of H-pyrrole nitrogens is 1. The maximum atomic E-state index is 13.4. The summed E-state index contributed by atoms with van der Waals surface area (Å²) in [5, 5.41) is 5.09. The van der Waals surface area contributed by atoms with Crippen LogP contribution in [0.15, 0.2) is 12.1 Å². The molecule has 9 nitrogen and oxygen atoms in total. The summed E-state index contributed by atoms with van der Waals surface area (Å²) in [6, 6.07) is 5.09. The second-order valence-corrected chi connectivity index (χ2v) is 19.6. The van der Waals surface area contributed by atoms with Crippen molar-refractivity contribution < 1.29 is 14.3 Å². The smallest absolute Gasteiger partial charge is 0.243 e. The number of nitrogens with zero attached hydrogens (tertiary/aromatic N) is 5. The van der Waals surface area contributed by atoms with Gasteiger partial charge in [-0.15, -0.1) is 0 Å². The number of imidazole rings is 1. The lowest BCUT2D eigenvalue weighted by molar-refractivity contribution is -0.124. The van der Waals surface area contributed by atoms with Gasteiger partial charge in [-0.05, 0) is 68.2 Å². The highest BCUT2D eigenvalue weighted by atomic mass is 28.3. The summed E-state index contributed by atoms with van der Waals surface area (Å²) in [5.41, 5.74) is 7.71. The molecule has 3 aliphatic rings. The monoisotopic (exact) mass is 578 g/mol. The molecule has 2 fully saturated rings. The van der Waals surface area contributed by atoms with Crippen LogP contribution in [-0.2, 0) is 33.8 Å². The maximum Gasteiger partial charge on any atom is 0.243 e. The SMILES string of the molecule is Cc1cc2[nH]c(-c3nn(COCC[Si](C)(C)C)c4c3C[C@@H]3C[C@]3(C)C4)nc2cc1N(C)C(=O)[C@@H](C)N1CCOCC1. The molecule has 3 heterocycles. The molecule has 10 heteroatoms. The number of morpholine rings is 1. The molecule has 1 saturated carbocycles. The van der Waals surface area contributed by atoms with Gasteiger partial charge in [-0.25, -0.2) is 9.67 Å². The molecule has 222 valence electrons. The predicted octanol–water partition coefficient (Wildman–Crippen LogP) is 4.86. The van der Waals surface area contributed by atoms with Crippen LogP contribution >= 0.6 is 0 Å². The summed E-state index contributed by atoms with van der Waals surface area (Å²) < 4.78 is 13.7. The van der Waals surface area contributed by atoms with Crippen LogP contribution < -0.4 is 4.90 Å². The van der Waals surface area contributed by atoms with Crippen LogP contribution in [0.5, 0.6) is 0 Å². The molecule has 0 unspecified atom stereocenters. The second kappa shape index (κ2) is 10.6. The van der Waals surface area contributed by atoms with Gasteiger partial charge in [-0.1, -0.05) is 26.6 Å². The average Bonchev–Trinajstić information content (AvgIpc) is 3.24. The summed E-state index contributed by atoms with van der Waals surface area (Å²) in [4.78, 5) is 26.0. The first-order valence-electron chi connectivity index (χ1n) is 15.2. The number of hydrogen-bond acceptors (Lipinski definition) is 6. The molecule has 0 spiro atoms. The molecular formula is C31H46N6O3Si. The Labute approximate surface area is 244 Å². The number of ether oxygens (including phenoxy) is 2. The van der Waals surface area contributed by atoms with Crippen LogP contribution in [0.25, 0.3) is 22.6 Å². The van der Waals surface area contributed by atoms with Crippen molar-refractivity contribution in [3.05, 3.63) is 29.0 Å². The number of likely N-dealkylation sites (N-methyl/N-ethyl adjacent to an activating group) is 1. The number of aromatic amines is 1. The van der Waals surface area contributed by atoms with Gasteiger partial charge in [0.25, 0.3) is 0 Å². The third-order valence-electron chi connectivity index (χ3n) is 9.60. The molecule has 1 amide bonds. The van der Waals surface area contributed by atoms with Gasteiger partial charge in [0.2, 0.25) is 5.91 Å². The van der Waals surface area contributed by atoms with E-state index in [-0.39, 0.29) is 11.9 Å². The molecule has 2 aliphatic carbocycles. The highest BCUT2D eigenvalue weighted by molar-refractivity contribution is 6.76. The highest BCUT2D eigenvalue weighted by Gasteiger charge is 2.54. The van der Waals surface area contributed by atoms with Crippen molar-refractivity contribution in [2.45, 2.75) is 78.5 Å². The van der Waals surface area contributed by atoms with Crippen molar-refractivity contribution in [1.82, 2.24) is 24.6 Å². The van der Waals surface area contributed by atoms with Gasteiger partial charge in [-0.3, -0.25) is 9.69 Å². The third-order valence-corrected chi connectivity index (χ3v) is 11.3. The topological polar surface area (TPSA) is 88.5 Å². The summed E-state index contributed by atoms with van der Waals surface area (Å²) in [6.07, 6.45) is 3.38. The first kappa shape index (κ1) is 28.6. The Bertz CT molecular complexity index is 1450. The van der Waals surface area contributed by atoms with Crippen molar-refractivity contribution in [2.24, 2.45) is 11.3 Å². The zero-order valence-corrected chi connectivity index (χ0v) is 26.8. The maximum absolute atomic E-state index is 13.4. The van der Waals surface area contributed by atoms with E-state index in [0.717, 1.165) is 78.3 Å². The molecule has 0 bridgehead atoms. The molecule has 1 saturated heterocycles. The minimum atomic E-state index is -1.15. The predicted molar refractivity (Wildman–Crippen MR) is 165 cm³/mol. The molecular weight excluding hydrogens is 532 g/mol. The van der Waals surface area contributed by atoms with Gasteiger partial charge in [0.15, 0.2) is 5.82 Å². The van der Waals surface area contributed by atoms with Gasteiger partial charge < -0.3 is 19.4 Å². The van der Waals surface area contributed by atoms with Crippen LogP contribution in [0.2, 0.25) is 25.7 Å². The number of nitrogens with one attached hydrogen (secondary N) is 1. The Morgan fingerprint density at radius 1 is 1.29 bits per heavy atom. The molecule has 0 radical (unpaired) electrons. The Kier molecular flexibility index (Phi) is 7.41. The van der Waals surface area contributed by atoms with Gasteiger partial charge in [0.05, 0.1) is 30.3 Å². The van der Waals surface area contributed by atoms with Crippen LogP contribution in [0, 0.1) is 18.3 Å². The molecule has 1 aromatic carbocycles. The fourth-order valence-electron chi connectivity index (χ4n) is 6.59. The van der Waals surface area contributed by atoms with Gasteiger partial charge in [-0.2, -0.15) is 5.10 Å². The van der Waals surface area contributed by atoms with E-state index in [2.05, 4.69) is 54.1 Å². The number of benzene rings is 1. The number of fused-ring (bicyclic) bond motifs is 3. The molecule has 6 rings (SSSR count). The van der Waals surface area contributed by atoms with Crippen molar-refractivity contribution in [1.29, 1.82) is 0 Å². The lowest BCUT2D eigenvalue weighted by Crippen LogP contribution is -2.50. The standard InChI is InChI=1S/C31H46N6O3Si/c1-20-14-24-25(16-26(20)35(4)30(38)21(2)36-8-10-39-11-9-36)33-29(32-24)28-23-15-22-17-31(22,3)18-27(23)37(34-28)19-40-12-13-41(5,6)7/h14,16,21-22H,8-13,15,17-19H2,1-7H3,(H,32,33)/t21-,22-,31-/m1/s1. The van der Waals surface area contributed by atoms with Crippen LogP contribution in [0.4, 0.5) is 5.69 Å². The summed E-state index contributed by atoms with van der Waals surface area (Å²) in [6.45, 7) is 17.8. The van der Waals surface area contributed by atoms with Crippen LogP contribution in [-0.4, -0.2) is 84.6 Å². The fraction of sp³-hybridized carbons (Fsp3) is 0.645. The number of aromatic nitrogens is 4. The minimum absolute atomic E-state index is 0.0829. The van der Waals surface area contributed by atoms with Crippen LogP contribution in [0.3, 0.4) is 0 Å². The zero-order chi connectivity index (χ0) is 29.1. The molecule has 3 atom stereocenters. The van der Waals surface area contributed by atoms with Crippen molar-refractivity contribution in [3.63, 3.8) is 0 Å².